The highest BCUT2D eigenvalue weighted by atomic mass is 32.1. The van der Waals surface area contributed by atoms with Crippen LogP contribution < -0.4 is 0 Å². The number of hydrogen-bond donors (Lipinski definition) is 1. The van der Waals surface area contributed by atoms with Gasteiger partial charge in [-0.1, -0.05) is 45.6 Å². The molecule has 0 atom stereocenters. The summed E-state index contributed by atoms with van der Waals surface area (Å²) in [6.45, 7) is 11.6. The van der Waals surface area contributed by atoms with Crippen molar-refractivity contribution in [3.8, 4) is 11.8 Å². The lowest BCUT2D eigenvalue weighted by Crippen LogP contribution is -2.34. The minimum atomic E-state index is 0.260. The van der Waals surface area contributed by atoms with E-state index in [1.165, 1.54) is 35.1 Å². The second-order valence-corrected chi connectivity index (χ2v) is 7.26. The van der Waals surface area contributed by atoms with E-state index >= 15 is 0 Å². The Kier molecular flexibility index (Phi) is 3.76. The Balaban J connectivity index is 2.65. The van der Waals surface area contributed by atoms with Crippen LogP contribution in [-0.4, -0.2) is 5.75 Å². The fraction of sp³-hybridized carbons (Fsp3) is 0.556. The molecule has 1 aliphatic carbocycles. The van der Waals surface area contributed by atoms with Crippen LogP contribution in [0, 0.1) is 18.8 Å². The molecule has 2 rings (SSSR count). The predicted molar refractivity (Wildman–Crippen MR) is 87.2 cm³/mol. The molecule has 0 aromatic heterocycles. The Morgan fingerprint density at radius 1 is 1.05 bits per heavy atom. The largest absolute Gasteiger partial charge is 0.166 e. The third-order valence-corrected chi connectivity index (χ3v) is 4.66. The third kappa shape index (κ3) is 2.70. The molecule has 19 heavy (non-hydrogen) atoms. The summed E-state index contributed by atoms with van der Waals surface area (Å²) < 4.78 is 0. The van der Waals surface area contributed by atoms with Gasteiger partial charge in [0.25, 0.3) is 0 Å². The number of thiol groups is 1. The van der Waals surface area contributed by atoms with E-state index < -0.39 is 0 Å². The fourth-order valence-corrected chi connectivity index (χ4v) is 3.07. The molecule has 1 aliphatic rings. The van der Waals surface area contributed by atoms with E-state index in [1.54, 1.807) is 0 Å². The lowest BCUT2D eigenvalue weighted by Gasteiger charge is -2.42. The van der Waals surface area contributed by atoms with Gasteiger partial charge in [-0.15, -0.1) is 0 Å². The molecule has 0 saturated carbocycles. The number of aryl methyl sites for hydroxylation is 1. The Hall–Kier alpha value is -0.870. The Bertz CT molecular complexity index is 553. The van der Waals surface area contributed by atoms with Gasteiger partial charge in [0, 0.05) is 5.56 Å². The minimum Gasteiger partial charge on any atom is -0.166 e. The van der Waals surface area contributed by atoms with Gasteiger partial charge in [0.2, 0.25) is 0 Å². The van der Waals surface area contributed by atoms with Crippen LogP contribution in [-0.2, 0) is 10.8 Å². The first-order valence-electron chi connectivity index (χ1n) is 7.03. The summed E-state index contributed by atoms with van der Waals surface area (Å²) in [5, 5.41) is 0. The number of benzene rings is 1. The maximum atomic E-state index is 4.17. The van der Waals surface area contributed by atoms with Crippen LogP contribution in [0.15, 0.2) is 12.1 Å². The Morgan fingerprint density at radius 2 is 1.58 bits per heavy atom. The topological polar surface area (TPSA) is 0 Å². The predicted octanol–water partition coefficient (Wildman–Crippen LogP) is 4.63. The molecular formula is C18H24S. The highest BCUT2D eigenvalue weighted by Gasteiger charge is 2.37. The molecule has 0 nitrogen and oxygen atoms in total. The van der Waals surface area contributed by atoms with Crippen molar-refractivity contribution in [1.82, 2.24) is 0 Å². The van der Waals surface area contributed by atoms with E-state index in [9.17, 15) is 0 Å². The zero-order chi connectivity index (χ0) is 14.3. The molecule has 102 valence electrons. The summed E-state index contributed by atoms with van der Waals surface area (Å²) in [4.78, 5) is 0. The zero-order valence-electron chi connectivity index (χ0n) is 12.7. The van der Waals surface area contributed by atoms with Crippen molar-refractivity contribution < 1.29 is 0 Å². The minimum absolute atomic E-state index is 0.260. The van der Waals surface area contributed by atoms with Crippen molar-refractivity contribution in [3.63, 3.8) is 0 Å². The van der Waals surface area contributed by atoms with Crippen LogP contribution in [0.4, 0.5) is 0 Å². The molecule has 0 radical (unpaired) electrons. The van der Waals surface area contributed by atoms with Crippen molar-refractivity contribution >= 4 is 12.6 Å². The summed E-state index contributed by atoms with van der Waals surface area (Å²) in [6, 6.07) is 4.68. The molecule has 1 aromatic carbocycles. The molecule has 1 heteroatoms. The van der Waals surface area contributed by atoms with Crippen LogP contribution in [0.25, 0.3) is 0 Å². The van der Waals surface area contributed by atoms with Crippen molar-refractivity contribution in [3.05, 3.63) is 34.4 Å². The number of fused-ring (bicyclic) bond motifs is 1. The average Bonchev–Trinajstić information content (AvgIpc) is 2.33. The van der Waals surface area contributed by atoms with Gasteiger partial charge in [-0.3, -0.25) is 0 Å². The molecule has 0 fully saturated rings. The summed E-state index contributed by atoms with van der Waals surface area (Å²) in [7, 11) is 0. The third-order valence-electron chi connectivity index (χ3n) is 4.50. The van der Waals surface area contributed by atoms with E-state index in [1.807, 2.05) is 0 Å². The van der Waals surface area contributed by atoms with Gasteiger partial charge in [0.05, 0.1) is 5.75 Å². The van der Waals surface area contributed by atoms with Crippen molar-refractivity contribution in [2.24, 2.45) is 0 Å². The molecule has 0 amide bonds. The number of rotatable bonds is 0. The van der Waals surface area contributed by atoms with E-state index in [0.717, 1.165) is 0 Å². The van der Waals surface area contributed by atoms with Gasteiger partial charge < -0.3 is 0 Å². The van der Waals surface area contributed by atoms with Crippen molar-refractivity contribution in [2.75, 3.05) is 5.75 Å². The quantitative estimate of drug-likeness (QED) is 0.517. The molecule has 0 saturated heterocycles. The van der Waals surface area contributed by atoms with Crippen LogP contribution in [0.2, 0.25) is 0 Å². The van der Waals surface area contributed by atoms with Crippen LogP contribution >= 0.6 is 12.6 Å². The molecule has 0 bridgehead atoms. The highest BCUT2D eigenvalue weighted by molar-refractivity contribution is 7.80. The standard InChI is InChI=1S/C18H24S/c1-13-11-15-16(12-14(13)7-6-10-19)18(4,5)9-8-17(15,2)3/h11-12,19H,8-10H2,1-5H3. The van der Waals surface area contributed by atoms with E-state index in [2.05, 4.69) is 71.2 Å². The molecule has 0 heterocycles. The second-order valence-electron chi connectivity index (χ2n) is 6.94. The van der Waals surface area contributed by atoms with Gasteiger partial charge in [-0.05, 0) is 53.4 Å². The van der Waals surface area contributed by atoms with E-state index in [4.69, 9.17) is 0 Å². The molecular weight excluding hydrogens is 248 g/mol. The van der Waals surface area contributed by atoms with Crippen molar-refractivity contribution in [2.45, 2.75) is 58.3 Å². The summed E-state index contributed by atoms with van der Waals surface area (Å²) in [6.07, 6.45) is 2.50. The number of hydrogen-bond acceptors (Lipinski definition) is 1. The molecule has 0 aliphatic heterocycles. The van der Waals surface area contributed by atoms with E-state index in [0.29, 0.717) is 5.75 Å². The fourth-order valence-electron chi connectivity index (χ4n) is 2.99. The van der Waals surface area contributed by atoms with E-state index in [-0.39, 0.29) is 10.8 Å². The molecule has 0 spiro atoms. The SMILES string of the molecule is Cc1cc2c(cc1C#CCS)C(C)(C)CCC2(C)C. The Labute approximate surface area is 123 Å². The molecule has 0 N–H and O–H groups in total. The average molecular weight is 272 g/mol. The zero-order valence-corrected chi connectivity index (χ0v) is 13.6. The maximum absolute atomic E-state index is 4.17. The van der Waals surface area contributed by atoms with Gasteiger partial charge >= 0.3 is 0 Å². The van der Waals surface area contributed by atoms with Gasteiger partial charge in [0.1, 0.15) is 0 Å². The van der Waals surface area contributed by atoms with Gasteiger partial charge in [0.15, 0.2) is 0 Å². The monoisotopic (exact) mass is 272 g/mol. The summed E-state index contributed by atoms with van der Waals surface area (Å²) >= 11 is 4.17. The van der Waals surface area contributed by atoms with Crippen LogP contribution in [0.3, 0.4) is 0 Å². The second kappa shape index (κ2) is 4.91. The normalized spacial score (nSPS) is 19.3. The highest BCUT2D eigenvalue weighted by Crippen LogP contribution is 2.46. The smallest absolute Gasteiger partial charge is 0.0521 e. The van der Waals surface area contributed by atoms with Gasteiger partial charge in [-0.25, -0.2) is 0 Å². The van der Waals surface area contributed by atoms with Crippen LogP contribution in [0.5, 0.6) is 0 Å². The lowest BCUT2D eigenvalue weighted by atomic mass is 9.62. The molecule has 1 aromatic rings. The Morgan fingerprint density at radius 3 is 2.11 bits per heavy atom. The summed E-state index contributed by atoms with van der Waals surface area (Å²) in [5.74, 6) is 6.94. The van der Waals surface area contributed by atoms with Crippen LogP contribution in [0.1, 0.15) is 62.8 Å². The lowest BCUT2D eigenvalue weighted by molar-refractivity contribution is 0.331. The van der Waals surface area contributed by atoms with Gasteiger partial charge in [-0.2, -0.15) is 12.6 Å². The maximum Gasteiger partial charge on any atom is 0.0521 e. The first-order chi connectivity index (χ1) is 8.78. The first-order valence-corrected chi connectivity index (χ1v) is 7.66. The first kappa shape index (κ1) is 14.5. The molecule has 0 unspecified atom stereocenters. The van der Waals surface area contributed by atoms with Crippen molar-refractivity contribution in [1.29, 1.82) is 0 Å². The summed E-state index contributed by atoms with van der Waals surface area (Å²) in [5.41, 5.74) is 5.99.